The number of thiazole rings is 1. The van der Waals surface area contributed by atoms with Gasteiger partial charge in [0.05, 0.1) is 16.8 Å². The molecule has 0 bridgehead atoms. The molecule has 1 saturated heterocycles. The average molecular weight is 477 g/mol. The zero-order valence-electron chi connectivity index (χ0n) is 19.3. The average Bonchev–Trinajstić information content (AvgIpc) is 3.45. The fourth-order valence-corrected chi connectivity index (χ4v) is 5.19. The Balaban J connectivity index is 1.61. The minimum absolute atomic E-state index is 0.323. The summed E-state index contributed by atoms with van der Waals surface area (Å²) in [4.78, 5) is 14.4. The predicted octanol–water partition coefficient (Wildman–Crippen LogP) is 4.07. The summed E-state index contributed by atoms with van der Waals surface area (Å²) < 4.78 is 15.3. The molecule has 0 radical (unpaired) electrons. The Morgan fingerprint density at radius 2 is 1.94 bits per heavy atom. The van der Waals surface area contributed by atoms with Crippen LogP contribution in [0.4, 0.5) is 21.0 Å². The Morgan fingerprint density at radius 3 is 2.62 bits per heavy atom. The van der Waals surface area contributed by atoms with Crippen molar-refractivity contribution in [3.63, 3.8) is 0 Å². The van der Waals surface area contributed by atoms with Gasteiger partial charge in [-0.25, -0.2) is 19.0 Å². The van der Waals surface area contributed by atoms with Gasteiger partial charge in [-0.05, 0) is 44.2 Å². The van der Waals surface area contributed by atoms with Crippen LogP contribution in [0, 0.1) is 24.1 Å². The predicted molar refractivity (Wildman–Crippen MR) is 133 cm³/mol. The second kappa shape index (κ2) is 9.00. The number of halogens is 1. The van der Waals surface area contributed by atoms with Crippen LogP contribution in [0.3, 0.4) is 0 Å². The summed E-state index contributed by atoms with van der Waals surface area (Å²) in [5.74, 6) is 0.557. The van der Waals surface area contributed by atoms with Gasteiger partial charge in [0.2, 0.25) is 0 Å². The first-order chi connectivity index (χ1) is 16.5. The number of pyridine rings is 1. The van der Waals surface area contributed by atoms with Crippen molar-refractivity contribution in [2.45, 2.75) is 20.4 Å². The fourth-order valence-electron chi connectivity index (χ4n) is 4.35. The highest BCUT2D eigenvalue weighted by Crippen LogP contribution is 2.38. The maximum absolute atomic E-state index is 13.4. The number of benzene rings is 1. The number of anilines is 3. The summed E-state index contributed by atoms with van der Waals surface area (Å²) in [5, 5.41) is 19.5. The van der Waals surface area contributed by atoms with Crippen LogP contribution in [0.15, 0.2) is 30.3 Å². The van der Waals surface area contributed by atoms with Gasteiger partial charge in [-0.15, -0.1) is 0 Å². The number of aromatic nitrogens is 4. The molecule has 10 heteroatoms. The highest BCUT2D eigenvalue weighted by Gasteiger charge is 2.24. The summed E-state index contributed by atoms with van der Waals surface area (Å²) in [6.45, 7) is 8.49. The van der Waals surface area contributed by atoms with Crippen LogP contribution >= 0.6 is 11.3 Å². The van der Waals surface area contributed by atoms with Gasteiger partial charge >= 0.3 is 0 Å². The summed E-state index contributed by atoms with van der Waals surface area (Å²) in [6, 6.07) is 10.5. The van der Waals surface area contributed by atoms with E-state index in [1.807, 2.05) is 30.5 Å². The van der Waals surface area contributed by atoms with E-state index < -0.39 is 0 Å². The lowest BCUT2D eigenvalue weighted by molar-refractivity contribution is 0.588. The highest BCUT2D eigenvalue weighted by atomic mass is 32.1. The van der Waals surface area contributed by atoms with Gasteiger partial charge in [-0.3, -0.25) is 0 Å². The minimum Gasteiger partial charge on any atom is -0.368 e. The van der Waals surface area contributed by atoms with E-state index in [9.17, 15) is 9.65 Å². The van der Waals surface area contributed by atoms with Gasteiger partial charge in [0, 0.05) is 45.3 Å². The molecule has 0 aliphatic carbocycles. The van der Waals surface area contributed by atoms with E-state index in [1.54, 1.807) is 12.1 Å². The molecule has 3 aromatic heterocycles. The van der Waals surface area contributed by atoms with Crippen molar-refractivity contribution in [3.8, 4) is 17.3 Å². The molecule has 1 N–H and O–H groups in total. The number of hydrogen-bond acceptors (Lipinski definition) is 8. The molecule has 4 heterocycles. The molecule has 1 aliphatic heterocycles. The standard InChI is InChI=1S/C24H25FN8S/c1-4-33-23(18-13-19(15(2)28-22(18)30-33)32-11-9-27-10-12-32)31(3)24-29-21(20(14-26)34-24)16-5-7-17(25)8-6-16/h5-8,13,27H,4,9-12H2,1-3H3. The number of rotatable bonds is 5. The topological polar surface area (TPSA) is 85.9 Å². The van der Waals surface area contributed by atoms with Gasteiger partial charge in [0.25, 0.3) is 0 Å². The van der Waals surface area contributed by atoms with E-state index in [4.69, 9.17) is 15.1 Å². The molecule has 4 aromatic rings. The third kappa shape index (κ3) is 3.87. The van der Waals surface area contributed by atoms with Crippen LogP contribution in [-0.2, 0) is 6.54 Å². The van der Waals surface area contributed by atoms with Crippen molar-refractivity contribution in [2.24, 2.45) is 0 Å². The smallest absolute Gasteiger partial charge is 0.192 e. The van der Waals surface area contributed by atoms with Crippen molar-refractivity contribution in [3.05, 3.63) is 46.7 Å². The Morgan fingerprint density at radius 1 is 1.21 bits per heavy atom. The normalized spacial score (nSPS) is 13.9. The lowest BCUT2D eigenvalue weighted by atomic mass is 10.1. The van der Waals surface area contributed by atoms with Crippen molar-refractivity contribution >= 4 is 39.0 Å². The monoisotopic (exact) mass is 476 g/mol. The zero-order chi connectivity index (χ0) is 23.8. The van der Waals surface area contributed by atoms with E-state index in [2.05, 4.69) is 22.4 Å². The van der Waals surface area contributed by atoms with E-state index in [-0.39, 0.29) is 5.82 Å². The van der Waals surface area contributed by atoms with Gasteiger partial charge in [0.15, 0.2) is 10.8 Å². The second-order valence-electron chi connectivity index (χ2n) is 8.19. The second-order valence-corrected chi connectivity index (χ2v) is 9.17. The summed E-state index contributed by atoms with van der Waals surface area (Å²) in [5.41, 5.74) is 4.03. The SMILES string of the molecule is CCn1nc2nc(C)c(N3CCNCC3)cc2c1N(C)c1nc(-c2ccc(F)cc2)c(C#N)s1. The van der Waals surface area contributed by atoms with Crippen molar-refractivity contribution in [2.75, 3.05) is 43.0 Å². The summed E-state index contributed by atoms with van der Waals surface area (Å²) in [7, 11) is 1.93. The number of nitrogens with one attached hydrogen (secondary N) is 1. The number of piperazine rings is 1. The Hall–Kier alpha value is -3.55. The lowest BCUT2D eigenvalue weighted by Crippen LogP contribution is -2.43. The zero-order valence-corrected chi connectivity index (χ0v) is 20.2. The first-order valence-electron chi connectivity index (χ1n) is 11.2. The molecule has 0 atom stereocenters. The fraction of sp³-hybridized carbons (Fsp3) is 0.333. The molecule has 1 aliphatic rings. The van der Waals surface area contributed by atoms with Gasteiger partial charge in [-0.1, -0.05) is 11.3 Å². The number of nitriles is 1. The number of aryl methyl sites for hydroxylation is 2. The number of nitrogens with zero attached hydrogens (tertiary/aromatic N) is 7. The third-order valence-corrected chi connectivity index (χ3v) is 7.10. The van der Waals surface area contributed by atoms with Gasteiger partial charge in [-0.2, -0.15) is 10.4 Å². The third-order valence-electron chi connectivity index (χ3n) is 6.06. The Bertz CT molecular complexity index is 1380. The number of hydrogen-bond donors (Lipinski definition) is 1. The molecule has 174 valence electrons. The largest absolute Gasteiger partial charge is 0.368 e. The van der Waals surface area contributed by atoms with Crippen LogP contribution < -0.4 is 15.1 Å². The van der Waals surface area contributed by atoms with Crippen molar-refractivity contribution in [1.82, 2.24) is 25.1 Å². The summed E-state index contributed by atoms with van der Waals surface area (Å²) >= 11 is 1.31. The molecule has 0 spiro atoms. The lowest BCUT2D eigenvalue weighted by Gasteiger charge is -2.30. The Kier molecular flexibility index (Phi) is 5.89. The maximum atomic E-state index is 13.4. The van der Waals surface area contributed by atoms with Crippen LogP contribution in [-0.4, -0.2) is 53.0 Å². The van der Waals surface area contributed by atoms with E-state index in [0.29, 0.717) is 33.5 Å². The first kappa shape index (κ1) is 22.3. The molecule has 1 fully saturated rings. The molecule has 8 nitrogen and oxygen atoms in total. The van der Waals surface area contributed by atoms with Crippen LogP contribution in [0.5, 0.6) is 0 Å². The highest BCUT2D eigenvalue weighted by molar-refractivity contribution is 7.16. The molecule has 1 aromatic carbocycles. The van der Waals surface area contributed by atoms with Crippen molar-refractivity contribution in [1.29, 1.82) is 5.26 Å². The van der Waals surface area contributed by atoms with Gasteiger partial charge < -0.3 is 15.1 Å². The van der Waals surface area contributed by atoms with E-state index >= 15 is 0 Å². The molecule has 34 heavy (non-hydrogen) atoms. The van der Waals surface area contributed by atoms with E-state index in [0.717, 1.165) is 48.8 Å². The number of fused-ring (bicyclic) bond motifs is 1. The van der Waals surface area contributed by atoms with Gasteiger partial charge in [0.1, 0.15) is 28.3 Å². The molecule has 0 amide bonds. The first-order valence-corrected chi connectivity index (χ1v) is 12.1. The molecular formula is C24H25FN8S. The summed E-state index contributed by atoms with van der Waals surface area (Å²) in [6.07, 6.45) is 0. The van der Waals surface area contributed by atoms with Crippen molar-refractivity contribution < 1.29 is 4.39 Å². The van der Waals surface area contributed by atoms with Crippen LogP contribution in [0.2, 0.25) is 0 Å². The Labute approximate surface area is 201 Å². The van der Waals surface area contributed by atoms with E-state index in [1.165, 1.54) is 23.5 Å². The van der Waals surface area contributed by atoms with Crippen LogP contribution in [0.25, 0.3) is 22.3 Å². The molecule has 0 unspecified atom stereocenters. The molecule has 0 saturated carbocycles. The van der Waals surface area contributed by atoms with Crippen LogP contribution in [0.1, 0.15) is 17.5 Å². The molecular weight excluding hydrogens is 451 g/mol. The minimum atomic E-state index is -0.323. The maximum Gasteiger partial charge on any atom is 0.192 e. The quantitative estimate of drug-likeness (QED) is 0.465. The molecule has 5 rings (SSSR count).